The van der Waals surface area contributed by atoms with Gasteiger partial charge in [-0.15, -0.1) is 11.3 Å². The molecule has 1 N–H and O–H groups in total. The van der Waals surface area contributed by atoms with Crippen molar-refractivity contribution in [3.05, 3.63) is 58.8 Å². The Labute approximate surface area is 115 Å². The van der Waals surface area contributed by atoms with Crippen molar-refractivity contribution in [1.82, 2.24) is 4.98 Å². The molecule has 1 aromatic carbocycles. The summed E-state index contributed by atoms with van der Waals surface area (Å²) in [7, 11) is 0. The molecule has 4 heteroatoms. The average molecular weight is 267 g/mol. The molecule has 0 saturated heterocycles. The predicted molar refractivity (Wildman–Crippen MR) is 81.9 cm³/mol. The van der Waals surface area contributed by atoms with Gasteiger partial charge >= 0.3 is 0 Å². The smallest absolute Gasteiger partial charge is 0.146 e. The summed E-state index contributed by atoms with van der Waals surface area (Å²) in [5.74, 6) is 0.759. The molecule has 94 valence electrons. The molecule has 19 heavy (non-hydrogen) atoms. The molecule has 0 bridgehead atoms. The monoisotopic (exact) mass is 267 g/mol. The van der Waals surface area contributed by atoms with Gasteiger partial charge in [0.2, 0.25) is 0 Å². The van der Waals surface area contributed by atoms with Gasteiger partial charge < -0.3 is 0 Å². The van der Waals surface area contributed by atoms with Crippen molar-refractivity contribution in [3.8, 4) is 0 Å². The molecule has 0 aliphatic carbocycles. The third kappa shape index (κ3) is 2.63. The van der Waals surface area contributed by atoms with Crippen molar-refractivity contribution in [1.29, 1.82) is 0 Å². The lowest BCUT2D eigenvalue weighted by Gasteiger charge is -2.03. The van der Waals surface area contributed by atoms with Gasteiger partial charge in [0.05, 0.1) is 11.2 Å². The van der Waals surface area contributed by atoms with Gasteiger partial charge in [0.1, 0.15) is 5.82 Å². The molecular formula is C15H13N3S. The molecule has 0 unspecified atom stereocenters. The lowest BCUT2D eigenvalue weighted by atomic mass is 10.2. The first kappa shape index (κ1) is 11.9. The van der Waals surface area contributed by atoms with Gasteiger partial charge in [-0.25, -0.2) is 4.98 Å². The van der Waals surface area contributed by atoms with Crippen LogP contribution in [0.5, 0.6) is 0 Å². The van der Waals surface area contributed by atoms with E-state index in [1.54, 1.807) is 11.3 Å². The maximum Gasteiger partial charge on any atom is 0.146 e. The zero-order valence-electron chi connectivity index (χ0n) is 10.5. The number of thiophene rings is 1. The summed E-state index contributed by atoms with van der Waals surface area (Å²) < 4.78 is 0. The first-order valence-electron chi connectivity index (χ1n) is 6.03. The molecule has 0 aliphatic heterocycles. The maximum atomic E-state index is 4.51. The quantitative estimate of drug-likeness (QED) is 0.572. The number of hydrazone groups is 1. The second kappa shape index (κ2) is 5.20. The second-order valence-corrected chi connectivity index (χ2v) is 5.12. The van der Waals surface area contributed by atoms with Crippen LogP contribution in [-0.2, 0) is 0 Å². The van der Waals surface area contributed by atoms with Gasteiger partial charge in [-0.3, -0.25) is 5.43 Å². The molecule has 2 heterocycles. The molecule has 0 radical (unpaired) electrons. The fourth-order valence-electron chi connectivity index (χ4n) is 1.81. The molecule has 0 atom stereocenters. The largest absolute Gasteiger partial charge is 0.261 e. The number of anilines is 1. The van der Waals surface area contributed by atoms with Crippen LogP contribution in [0.4, 0.5) is 5.82 Å². The van der Waals surface area contributed by atoms with Crippen molar-refractivity contribution in [2.45, 2.75) is 6.92 Å². The van der Waals surface area contributed by atoms with Crippen molar-refractivity contribution in [3.63, 3.8) is 0 Å². The number of rotatable bonds is 3. The number of nitrogens with zero attached hydrogens (tertiary/aromatic N) is 2. The van der Waals surface area contributed by atoms with Crippen molar-refractivity contribution >= 4 is 33.8 Å². The second-order valence-electron chi connectivity index (χ2n) is 4.18. The number of benzene rings is 1. The summed E-state index contributed by atoms with van der Waals surface area (Å²) in [6.45, 7) is 1.99. The molecule has 0 fully saturated rings. The third-order valence-corrected chi connectivity index (χ3v) is 3.79. The molecule has 0 amide bonds. The predicted octanol–water partition coefficient (Wildman–Crippen LogP) is 4.13. The molecule has 2 aromatic heterocycles. The molecule has 0 saturated carbocycles. The molecule has 0 aliphatic rings. The maximum absolute atomic E-state index is 4.51. The number of hydrogen-bond donors (Lipinski definition) is 1. The summed E-state index contributed by atoms with van der Waals surface area (Å²) in [6, 6.07) is 16.1. The van der Waals surface area contributed by atoms with Gasteiger partial charge in [0.25, 0.3) is 0 Å². The van der Waals surface area contributed by atoms with Gasteiger partial charge in [0.15, 0.2) is 0 Å². The standard InChI is InChI=1S/C15H13N3S/c1-11(14-7-4-10-19-14)17-18-15-9-8-12-5-2-3-6-13(12)16-15/h2-10H,1H3,(H,16,18)/b17-11+. The van der Waals surface area contributed by atoms with Crippen LogP contribution in [0.15, 0.2) is 59.0 Å². The fourth-order valence-corrected chi connectivity index (χ4v) is 2.49. The van der Waals surface area contributed by atoms with Gasteiger partial charge in [-0.1, -0.05) is 24.3 Å². The Morgan fingerprint density at radius 1 is 1.11 bits per heavy atom. The van der Waals surface area contributed by atoms with Gasteiger partial charge in [0, 0.05) is 10.3 Å². The van der Waals surface area contributed by atoms with Crippen molar-refractivity contribution in [2.75, 3.05) is 5.43 Å². The Hall–Kier alpha value is -2.20. The summed E-state index contributed by atoms with van der Waals surface area (Å²) in [5.41, 5.74) is 4.94. The SMILES string of the molecule is C/C(=N\Nc1ccc2ccccc2n1)c1cccs1. The minimum absolute atomic E-state index is 0.759. The minimum atomic E-state index is 0.759. The van der Waals surface area contributed by atoms with E-state index >= 15 is 0 Å². The Morgan fingerprint density at radius 3 is 2.84 bits per heavy atom. The zero-order chi connectivity index (χ0) is 13.1. The van der Waals surface area contributed by atoms with Gasteiger partial charge in [-0.05, 0) is 36.6 Å². The van der Waals surface area contributed by atoms with E-state index in [9.17, 15) is 0 Å². The van der Waals surface area contributed by atoms with Crippen LogP contribution in [0.25, 0.3) is 10.9 Å². The van der Waals surface area contributed by atoms with Crippen LogP contribution >= 0.6 is 11.3 Å². The first-order chi connectivity index (χ1) is 9.33. The van der Waals surface area contributed by atoms with E-state index in [-0.39, 0.29) is 0 Å². The normalized spacial score (nSPS) is 11.7. The lowest BCUT2D eigenvalue weighted by molar-refractivity contribution is 1.25. The highest BCUT2D eigenvalue weighted by Gasteiger charge is 1.99. The van der Waals surface area contributed by atoms with Crippen molar-refractivity contribution < 1.29 is 0 Å². The number of hydrogen-bond acceptors (Lipinski definition) is 4. The summed E-state index contributed by atoms with van der Waals surface area (Å²) in [6.07, 6.45) is 0. The topological polar surface area (TPSA) is 37.3 Å². The summed E-state index contributed by atoms with van der Waals surface area (Å²) in [4.78, 5) is 5.67. The van der Waals surface area contributed by atoms with Crippen LogP contribution in [0, 0.1) is 0 Å². The Morgan fingerprint density at radius 2 is 2.00 bits per heavy atom. The van der Waals surface area contributed by atoms with Crippen LogP contribution in [-0.4, -0.2) is 10.7 Å². The van der Waals surface area contributed by atoms with E-state index in [2.05, 4.69) is 21.6 Å². The highest BCUT2D eigenvalue weighted by Crippen LogP contribution is 2.15. The molecule has 3 nitrogen and oxygen atoms in total. The Balaban J connectivity index is 1.84. The van der Waals surface area contributed by atoms with Crippen LogP contribution in [0.1, 0.15) is 11.8 Å². The van der Waals surface area contributed by atoms with E-state index in [1.807, 2.05) is 54.8 Å². The zero-order valence-corrected chi connectivity index (χ0v) is 11.3. The molecule has 3 aromatic rings. The Kier molecular flexibility index (Phi) is 3.25. The van der Waals surface area contributed by atoms with E-state index in [0.717, 1.165) is 27.3 Å². The van der Waals surface area contributed by atoms with Crippen LogP contribution in [0.2, 0.25) is 0 Å². The van der Waals surface area contributed by atoms with Gasteiger partial charge in [-0.2, -0.15) is 5.10 Å². The van der Waals surface area contributed by atoms with Crippen molar-refractivity contribution in [2.24, 2.45) is 5.10 Å². The average Bonchev–Trinajstić information content (AvgIpc) is 2.99. The van der Waals surface area contributed by atoms with E-state index in [4.69, 9.17) is 0 Å². The highest BCUT2D eigenvalue weighted by molar-refractivity contribution is 7.12. The Bertz CT molecular complexity index is 717. The number of pyridine rings is 1. The molecule has 0 spiro atoms. The number of para-hydroxylation sites is 1. The molecule has 3 rings (SSSR count). The lowest BCUT2D eigenvalue weighted by Crippen LogP contribution is -1.98. The highest BCUT2D eigenvalue weighted by atomic mass is 32.1. The van der Waals surface area contributed by atoms with E-state index in [1.165, 1.54) is 0 Å². The number of aromatic nitrogens is 1. The van der Waals surface area contributed by atoms with Crippen LogP contribution in [0.3, 0.4) is 0 Å². The fraction of sp³-hybridized carbons (Fsp3) is 0.0667. The summed E-state index contributed by atoms with van der Waals surface area (Å²) >= 11 is 1.68. The third-order valence-electron chi connectivity index (χ3n) is 2.81. The number of nitrogens with one attached hydrogen (secondary N) is 1. The van der Waals surface area contributed by atoms with E-state index in [0.29, 0.717) is 0 Å². The first-order valence-corrected chi connectivity index (χ1v) is 6.91. The molecular weight excluding hydrogens is 254 g/mol. The number of fused-ring (bicyclic) bond motifs is 1. The summed E-state index contributed by atoms with van der Waals surface area (Å²) in [5, 5.41) is 7.53. The minimum Gasteiger partial charge on any atom is -0.261 e. The van der Waals surface area contributed by atoms with Crippen LogP contribution < -0.4 is 5.43 Å². The van der Waals surface area contributed by atoms with E-state index < -0.39 is 0 Å².